The molecule has 1 aliphatic rings. The van der Waals surface area contributed by atoms with E-state index in [1.165, 1.54) is 0 Å². The Kier molecular flexibility index (Phi) is 5.32. The van der Waals surface area contributed by atoms with Gasteiger partial charge in [-0.25, -0.2) is 13.2 Å². The first-order chi connectivity index (χ1) is 11.1. The predicted molar refractivity (Wildman–Crippen MR) is 90.6 cm³/mol. The minimum absolute atomic E-state index is 0.00998. The van der Waals surface area contributed by atoms with Gasteiger partial charge in [0, 0.05) is 6.04 Å². The van der Waals surface area contributed by atoms with Crippen LogP contribution in [-0.2, 0) is 24.8 Å². The van der Waals surface area contributed by atoms with Crippen molar-refractivity contribution in [2.75, 3.05) is 18.1 Å². The molecule has 0 aromatic heterocycles. The summed E-state index contributed by atoms with van der Waals surface area (Å²) in [4.78, 5) is 23.7. The number of sulfone groups is 1. The average molecular weight is 353 g/mol. The summed E-state index contributed by atoms with van der Waals surface area (Å²) < 4.78 is 27.6. The van der Waals surface area contributed by atoms with E-state index in [0.717, 1.165) is 5.56 Å². The van der Waals surface area contributed by atoms with Crippen molar-refractivity contribution >= 4 is 21.7 Å². The molecule has 0 spiro atoms. The number of carbonyl (C=O) groups excluding carboxylic acids is 2. The fourth-order valence-electron chi connectivity index (χ4n) is 2.50. The third-order valence-electron chi connectivity index (χ3n) is 3.92. The maximum atomic E-state index is 12.0. The van der Waals surface area contributed by atoms with Gasteiger partial charge in [0.25, 0.3) is 5.91 Å². The number of esters is 1. The van der Waals surface area contributed by atoms with Crippen LogP contribution in [0.4, 0.5) is 0 Å². The van der Waals surface area contributed by atoms with Crippen LogP contribution in [-0.4, -0.2) is 44.4 Å². The van der Waals surface area contributed by atoms with Crippen molar-refractivity contribution in [1.29, 1.82) is 0 Å². The summed E-state index contributed by atoms with van der Waals surface area (Å²) in [5, 5.41) is 2.57. The quantitative estimate of drug-likeness (QED) is 0.828. The maximum Gasteiger partial charge on any atom is 0.338 e. The van der Waals surface area contributed by atoms with Gasteiger partial charge in [-0.2, -0.15) is 0 Å². The molecular weight excluding hydrogens is 330 g/mol. The first kappa shape index (κ1) is 18.4. The third-order valence-corrected chi connectivity index (χ3v) is 5.69. The van der Waals surface area contributed by atoms with Crippen molar-refractivity contribution < 1.29 is 22.7 Å². The molecule has 1 atom stereocenters. The van der Waals surface area contributed by atoms with Gasteiger partial charge >= 0.3 is 5.97 Å². The van der Waals surface area contributed by atoms with E-state index < -0.39 is 34.4 Å². The molecule has 1 aliphatic heterocycles. The lowest BCUT2D eigenvalue weighted by atomic mass is 9.87. The molecule has 24 heavy (non-hydrogen) atoms. The van der Waals surface area contributed by atoms with E-state index in [0.29, 0.717) is 12.0 Å². The van der Waals surface area contributed by atoms with Crippen molar-refractivity contribution in [3.63, 3.8) is 0 Å². The van der Waals surface area contributed by atoms with E-state index in [1.54, 1.807) is 12.1 Å². The zero-order valence-corrected chi connectivity index (χ0v) is 15.0. The summed E-state index contributed by atoms with van der Waals surface area (Å²) in [5.74, 6) is -1.04. The Labute approximate surface area is 142 Å². The van der Waals surface area contributed by atoms with E-state index in [4.69, 9.17) is 4.74 Å². The highest BCUT2D eigenvalue weighted by molar-refractivity contribution is 7.91. The first-order valence-electron chi connectivity index (χ1n) is 7.84. The number of benzene rings is 1. The van der Waals surface area contributed by atoms with Crippen LogP contribution in [0.25, 0.3) is 0 Å². The summed E-state index contributed by atoms with van der Waals surface area (Å²) >= 11 is 0. The molecule has 0 unspecified atom stereocenters. The Morgan fingerprint density at radius 3 is 2.33 bits per heavy atom. The number of hydrogen-bond acceptors (Lipinski definition) is 5. The Balaban J connectivity index is 1.83. The SMILES string of the molecule is CC(C)(C)c1ccc(C(=O)OCC(=O)N[C@H]2CCS(=O)(=O)C2)cc1. The van der Waals surface area contributed by atoms with Gasteiger partial charge in [-0.3, -0.25) is 4.79 Å². The molecular formula is C17H23NO5S. The molecule has 1 aromatic rings. The number of rotatable bonds is 4. The number of nitrogens with one attached hydrogen (secondary N) is 1. The van der Waals surface area contributed by atoms with Gasteiger partial charge in [-0.15, -0.1) is 0 Å². The van der Waals surface area contributed by atoms with Crippen molar-refractivity contribution in [2.24, 2.45) is 0 Å². The van der Waals surface area contributed by atoms with E-state index in [9.17, 15) is 18.0 Å². The van der Waals surface area contributed by atoms with Crippen LogP contribution in [0.15, 0.2) is 24.3 Å². The molecule has 7 heteroatoms. The number of carbonyl (C=O) groups is 2. The predicted octanol–water partition coefficient (Wildman–Crippen LogP) is 1.44. The van der Waals surface area contributed by atoms with Crippen molar-refractivity contribution in [2.45, 2.75) is 38.6 Å². The second-order valence-electron chi connectivity index (χ2n) is 7.07. The van der Waals surface area contributed by atoms with Gasteiger partial charge in [-0.1, -0.05) is 32.9 Å². The van der Waals surface area contributed by atoms with E-state index in [2.05, 4.69) is 26.1 Å². The standard InChI is InChI=1S/C17H23NO5S/c1-17(2,3)13-6-4-12(5-7-13)16(20)23-10-15(19)18-14-8-9-24(21,22)11-14/h4-7,14H,8-11H2,1-3H3,(H,18,19)/t14-/m0/s1. The minimum Gasteiger partial charge on any atom is -0.452 e. The molecule has 1 N–H and O–H groups in total. The largest absolute Gasteiger partial charge is 0.452 e. The Hall–Kier alpha value is -1.89. The topological polar surface area (TPSA) is 89.5 Å². The monoisotopic (exact) mass is 353 g/mol. The summed E-state index contributed by atoms with van der Waals surface area (Å²) in [6, 6.07) is 6.67. The lowest BCUT2D eigenvalue weighted by molar-refractivity contribution is -0.124. The van der Waals surface area contributed by atoms with E-state index in [-0.39, 0.29) is 16.9 Å². The second kappa shape index (κ2) is 6.93. The molecule has 0 bridgehead atoms. The summed E-state index contributed by atoms with van der Waals surface area (Å²) in [5.41, 5.74) is 1.46. The van der Waals surface area contributed by atoms with Crippen LogP contribution in [0.5, 0.6) is 0 Å². The lowest BCUT2D eigenvalue weighted by Crippen LogP contribution is -2.38. The highest BCUT2D eigenvalue weighted by atomic mass is 32.2. The smallest absolute Gasteiger partial charge is 0.338 e. The summed E-state index contributed by atoms with van der Waals surface area (Å²) in [6.07, 6.45) is 0.399. The van der Waals surface area contributed by atoms with Crippen molar-refractivity contribution in [3.05, 3.63) is 35.4 Å². The molecule has 1 saturated heterocycles. The Bertz CT molecular complexity index is 716. The van der Waals surface area contributed by atoms with Gasteiger partial charge < -0.3 is 10.1 Å². The zero-order valence-electron chi connectivity index (χ0n) is 14.2. The number of ether oxygens (including phenoxy) is 1. The molecule has 0 saturated carbocycles. The Morgan fingerprint density at radius 1 is 1.21 bits per heavy atom. The second-order valence-corrected chi connectivity index (χ2v) is 9.30. The minimum atomic E-state index is -3.05. The van der Waals surface area contributed by atoms with Crippen LogP contribution in [0.2, 0.25) is 0 Å². The van der Waals surface area contributed by atoms with Gasteiger partial charge in [0.2, 0.25) is 0 Å². The molecule has 132 valence electrons. The average Bonchev–Trinajstić information content (AvgIpc) is 2.83. The number of amides is 1. The van der Waals surface area contributed by atoms with Crippen molar-refractivity contribution in [1.82, 2.24) is 5.32 Å². The molecule has 1 fully saturated rings. The van der Waals surface area contributed by atoms with E-state index in [1.807, 2.05) is 12.1 Å². The third kappa shape index (κ3) is 5.06. The van der Waals surface area contributed by atoms with E-state index >= 15 is 0 Å². The number of hydrogen-bond donors (Lipinski definition) is 1. The van der Waals surface area contributed by atoms with Gasteiger partial charge in [0.05, 0.1) is 17.1 Å². The van der Waals surface area contributed by atoms with Crippen LogP contribution in [0, 0.1) is 0 Å². The fourth-order valence-corrected chi connectivity index (χ4v) is 4.17. The highest BCUT2D eigenvalue weighted by Gasteiger charge is 2.29. The van der Waals surface area contributed by atoms with Crippen LogP contribution >= 0.6 is 0 Å². The summed E-state index contributed by atoms with van der Waals surface area (Å²) in [6.45, 7) is 5.81. The fraction of sp³-hybridized carbons (Fsp3) is 0.529. The zero-order chi connectivity index (χ0) is 18.0. The first-order valence-corrected chi connectivity index (χ1v) is 9.66. The molecule has 2 rings (SSSR count). The van der Waals surface area contributed by atoms with Crippen LogP contribution < -0.4 is 5.32 Å². The Morgan fingerprint density at radius 2 is 1.83 bits per heavy atom. The molecule has 1 amide bonds. The van der Waals surface area contributed by atoms with Gasteiger partial charge in [0.15, 0.2) is 16.4 Å². The molecule has 1 heterocycles. The maximum absolute atomic E-state index is 12.0. The summed E-state index contributed by atoms with van der Waals surface area (Å²) in [7, 11) is -3.05. The molecule has 0 radical (unpaired) electrons. The normalized spacial score (nSPS) is 19.7. The van der Waals surface area contributed by atoms with Gasteiger partial charge in [-0.05, 0) is 29.5 Å². The van der Waals surface area contributed by atoms with Crippen LogP contribution in [0.3, 0.4) is 0 Å². The van der Waals surface area contributed by atoms with Gasteiger partial charge in [0.1, 0.15) is 0 Å². The van der Waals surface area contributed by atoms with Crippen LogP contribution in [0.1, 0.15) is 43.1 Å². The molecule has 1 aromatic carbocycles. The van der Waals surface area contributed by atoms with Crippen molar-refractivity contribution in [3.8, 4) is 0 Å². The molecule has 6 nitrogen and oxygen atoms in total. The molecule has 0 aliphatic carbocycles. The lowest BCUT2D eigenvalue weighted by Gasteiger charge is -2.18. The highest BCUT2D eigenvalue weighted by Crippen LogP contribution is 2.22.